The van der Waals surface area contributed by atoms with Gasteiger partial charge in [-0.3, -0.25) is 19.2 Å². The van der Waals surface area contributed by atoms with Crippen LogP contribution in [0.1, 0.15) is 42.4 Å². The van der Waals surface area contributed by atoms with Crippen LogP contribution in [0.4, 0.5) is 0 Å². The Balaban J connectivity index is 0.000000392. The minimum atomic E-state index is -2.74. The number of rotatable bonds is 12. The highest BCUT2D eigenvalue weighted by Gasteiger charge is 2.43. The van der Waals surface area contributed by atoms with Crippen molar-refractivity contribution in [3.05, 3.63) is 70.2 Å². The first-order valence-corrected chi connectivity index (χ1v) is 15.5. The summed E-state index contributed by atoms with van der Waals surface area (Å²) in [5.41, 5.74) is 0.619. The van der Waals surface area contributed by atoms with Crippen LogP contribution >= 0.6 is 11.6 Å². The van der Waals surface area contributed by atoms with E-state index in [2.05, 4.69) is 29.2 Å². The lowest BCUT2D eigenvalue weighted by atomic mass is 9.83. The summed E-state index contributed by atoms with van der Waals surface area (Å²) in [5.74, 6) is -5.43. The molecule has 0 saturated carbocycles. The highest BCUT2D eigenvalue weighted by Crippen LogP contribution is 2.44. The van der Waals surface area contributed by atoms with Crippen molar-refractivity contribution in [3.63, 3.8) is 0 Å². The maximum absolute atomic E-state index is 13.5. The minimum Gasteiger partial charge on any atom is -0.481 e. The molecule has 2 aliphatic rings. The molecule has 4 N–H and O–H groups in total. The molecule has 2 heterocycles. The quantitative estimate of drug-likeness (QED) is 0.259. The normalized spacial score (nSPS) is 15.9. The second kappa shape index (κ2) is 16.2. The lowest BCUT2D eigenvalue weighted by molar-refractivity contribution is -0.170. The molecule has 14 heteroatoms. The van der Waals surface area contributed by atoms with Crippen molar-refractivity contribution < 1.29 is 49.1 Å². The SMILES string of the molecule is CN(C)C(=O)CN(C)C(=O)C(Cc1ccccc1Cl)CN1CCC2(CC1)OCc1ccccc12.O=C(O)CC(O)(CC(=O)O)C(=O)O. The van der Waals surface area contributed by atoms with Gasteiger partial charge in [-0.25, -0.2) is 4.79 Å². The van der Waals surface area contributed by atoms with E-state index in [9.17, 15) is 24.0 Å². The first-order chi connectivity index (χ1) is 22.1. The molecule has 2 aromatic carbocycles. The molecule has 47 heavy (non-hydrogen) atoms. The summed E-state index contributed by atoms with van der Waals surface area (Å²) in [6, 6.07) is 16.2. The Morgan fingerprint density at radius 1 is 0.936 bits per heavy atom. The van der Waals surface area contributed by atoms with Crippen LogP contribution in [0.3, 0.4) is 0 Å². The Morgan fingerprint density at radius 3 is 2.06 bits per heavy atom. The van der Waals surface area contributed by atoms with Crippen molar-refractivity contribution in [2.75, 3.05) is 47.3 Å². The molecule has 13 nitrogen and oxygen atoms in total. The summed E-state index contributed by atoms with van der Waals surface area (Å²) in [4.78, 5) is 61.6. The fraction of sp³-hybridized carbons (Fsp3) is 0.485. The zero-order valence-electron chi connectivity index (χ0n) is 26.7. The number of amides is 2. The van der Waals surface area contributed by atoms with Crippen LogP contribution in [-0.2, 0) is 47.3 Å². The third kappa shape index (κ3) is 9.97. The summed E-state index contributed by atoms with van der Waals surface area (Å²) < 4.78 is 6.31. The van der Waals surface area contributed by atoms with Crippen molar-refractivity contribution in [2.24, 2.45) is 5.92 Å². The highest BCUT2D eigenvalue weighted by molar-refractivity contribution is 6.31. The molecule has 0 radical (unpaired) electrons. The summed E-state index contributed by atoms with van der Waals surface area (Å²) in [6.45, 7) is 3.09. The van der Waals surface area contributed by atoms with Crippen LogP contribution in [0.15, 0.2) is 48.5 Å². The Bertz CT molecular complexity index is 1440. The average molecular weight is 676 g/mol. The Morgan fingerprint density at radius 2 is 1.51 bits per heavy atom. The molecule has 2 aromatic rings. The van der Waals surface area contributed by atoms with E-state index in [4.69, 9.17) is 36.8 Å². The molecule has 0 aliphatic carbocycles. The van der Waals surface area contributed by atoms with Crippen molar-refractivity contribution in [1.82, 2.24) is 14.7 Å². The summed E-state index contributed by atoms with van der Waals surface area (Å²) in [7, 11) is 5.11. The van der Waals surface area contributed by atoms with E-state index >= 15 is 0 Å². The van der Waals surface area contributed by atoms with E-state index in [-0.39, 0.29) is 29.9 Å². The smallest absolute Gasteiger partial charge is 0.336 e. The van der Waals surface area contributed by atoms with Gasteiger partial charge in [-0.2, -0.15) is 0 Å². The van der Waals surface area contributed by atoms with Crippen LogP contribution in [0, 0.1) is 5.92 Å². The van der Waals surface area contributed by atoms with E-state index in [1.807, 2.05) is 24.3 Å². The van der Waals surface area contributed by atoms with Crippen LogP contribution < -0.4 is 0 Å². The van der Waals surface area contributed by atoms with Gasteiger partial charge in [-0.15, -0.1) is 0 Å². The number of aliphatic hydroxyl groups is 1. The number of carboxylic acid groups (broad SMARTS) is 3. The van der Waals surface area contributed by atoms with Crippen LogP contribution in [0.25, 0.3) is 0 Å². The third-order valence-corrected chi connectivity index (χ3v) is 8.83. The number of hydrogen-bond acceptors (Lipinski definition) is 8. The number of carbonyl (C=O) groups is 5. The van der Waals surface area contributed by atoms with Gasteiger partial charge in [0.15, 0.2) is 5.60 Å². The van der Waals surface area contributed by atoms with E-state index in [0.717, 1.165) is 31.5 Å². The summed E-state index contributed by atoms with van der Waals surface area (Å²) in [6.07, 6.45) is 0.0706. The number of fused-ring (bicyclic) bond motifs is 2. The van der Waals surface area contributed by atoms with E-state index in [0.29, 0.717) is 24.6 Å². The van der Waals surface area contributed by atoms with E-state index < -0.39 is 36.4 Å². The van der Waals surface area contributed by atoms with Gasteiger partial charge in [0.05, 0.1) is 37.5 Å². The number of ether oxygens (including phenoxy) is 1. The maximum Gasteiger partial charge on any atom is 0.336 e. The molecule has 0 bridgehead atoms. The second-order valence-electron chi connectivity index (χ2n) is 12.2. The topological polar surface area (TPSA) is 185 Å². The van der Waals surface area contributed by atoms with Gasteiger partial charge < -0.3 is 39.9 Å². The molecule has 1 fully saturated rings. The number of carbonyl (C=O) groups excluding carboxylic acids is 2. The maximum atomic E-state index is 13.5. The minimum absolute atomic E-state index is 0.0298. The molecule has 1 atom stereocenters. The average Bonchev–Trinajstić information content (AvgIpc) is 3.35. The number of benzene rings is 2. The molecule has 2 aliphatic heterocycles. The van der Waals surface area contributed by atoms with Crippen LogP contribution in [-0.4, -0.2) is 118 Å². The standard InChI is InChI=1S/C27H34ClN3O3.C6H8O7/c1-29(2)25(32)18-30(3)26(33)22(16-20-8-5-7-11-24(20)28)17-31-14-12-27(13-15-31)23-10-6-4-9-21(23)19-34-27;7-3(8)1-6(13,5(11)12)2-4(9)10/h4-11,22H,12-19H2,1-3H3;13H,1-2H2,(H,7,8)(H,9,10)(H,11,12). The fourth-order valence-electron chi connectivity index (χ4n) is 5.81. The first-order valence-electron chi connectivity index (χ1n) is 15.1. The van der Waals surface area contributed by atoms with Crippen molar-refractivity contribution >= 4 is 41.3 Å². The first kappa shape index (κ1) is 37.4. The number of carboxylic acids is 3. The van der Waals surface area contributed by atoms with Gasteiger partial charge in [-0.05, 0) is 42.0 Å². The molecule has 1 unspecified atom stereocenters. The number of halogens is 1. The molecular formula is C33H42ClN3O10. The van der Waals surface area contributed by atoms with Gasteiger partial charge in [0.2, 0.25) is 11.8 Å². The monoisotopic (exact) mass is 675 g/mol. The van der Waals surface area contributed by atoms with Gasteiger partial charge in [0.1, 0.15) is 0 Å². The predicted molar refractivity (Wildman–Crippen MR) is 171 cm³/mol. The molecule has 1 spiro atoms. The Kier molecular flexibility index (Phi) is 12.9. The summed E-state index contributed by atoms with van der Waals surface area (Å²) in [5, 5.41) is 34.5. The zero-order chi connectivity index (χ0) is 34.9. The van der Waals surface area contributed by atoms with Crippen molar-refractivity contribution in [1.29, 1.82) is 0 Å². The second-order valence-corrected chi connectivity index (χ2v) is 12.6. The van der Waals surface area contributed by atoms with Gasteiger partial charge in [0, 0.05) is 45.8 Å². The number of likely N-dealkylation sites (N-methyl/N-ethyl adjacent to an activating group) is 2. The lowest BCUT2D eigenvalue weighted by Gasteiger charge is -2.40. The van der Waals surface area contributed by atoms with Gasteiger partial charge in [0.25, 0.3) is 0 Å². The Labute approximate surface area is 278 Å². The molecule has 256 valence electrons. The number of piperidine rings is 1. The number of hydrogen-bond donors (Lipinski definition) is 4. The third-order valence-electron chi connectivity index (χ3n) is 8.46. The fourth-order valence-corrected chi connectivity index (χ4v) is 6.03. The Hall–Kier alpha value is -4.04. The summed E-state index contributed by atoms with van der Waals surface area (Å²) >= 11 is 6.44. The number of aliphatic carboxylic acids is 3. The molecule has 0 aromatic heterocycles. The number of nitrogens with zero attached hydrogens (tertiary/aromatic N) is 3. The van der Waals surface area contributed by atoms with Crippen molar-refractivity contribution in [3.8, 4) is 0 Å². The molecule has 2 amide bonds. The lowest BCUT2D eigenvalue weighted by Crippen LogP contribution is -2.48. The predicted octanol–water partition coefficient (Wildman–Crippen LogP) is 2.32. The van der Waals surface area contributed by atoms with E-state index in [1.165, 1.54) is 16.0 Å². The highest BCUT2D eigenvalue weighted by atomic mass is 35.5. The van der Waals surface area contributed by atoms with Gasteiger partial charge >= 0.3 is 17.9 Å². The van der Waals surface area contributed by atoms with Crippen LogP contribution in [0.5, 0.6) is 0 Å². The van der Waals surface area contributed by atoms with Crippen molar-refractivity contribution in [2.45, 2.75) is 49.9 Å². The van der Waals surface area contributed by atoms with Gasteiger partial charge in [-0.1, -0.05) is 54.1 Å². The molecule has 4 rings (SSSR count). The van der Waals surface area contributed by atoms with E-state index in [1.54, 1.807) is 26.0 Å². The largest absolute Gasteiger partial charge is 0.481 e. The van der Waals surface area contributed by atoms with Crippen LogP contribution in [0.2, 0.25) is 5.02 Å². The zero-order valence-corrected chi connectivity index (χ0v) is 27.5. The molecular weight excluding hydrogens is 634 g/mol. The number of likely N-dealkylation sites (tertiary alicyclic amines) is 1. The molecule has 1 saturated heterocycles.